The van der Waals surface area contributed by atoms with Gasteiger partial charge in [-0.2, -0.15) is 5.26 Å². The van der Waals surface area contributed by atoms with E-state index in [2.05, 4.69) is 27.3 Å². The molecule has 0 saturated carbocycles. The topological polar surface area (TPSA) is 56.1 Å². The van der Waals surface area contributed by atoms with Gasteiger partial charge in [-0.25, -0.2) is 4.79 Å². The number of carbonyl (C=O) groups excluding carboxylic acids is 1. The van der Waals surface area contributed by atoms with Crippen LogP contribution in [0.3, 0.4) is 0 Å². The fraction of sp³-hybridized carbons (Fsp3) is 0.263. The van der Waals surface area contributed by atoms with Crippen molar-refractivity contribution in [3.05, 3.63) is 64.6 Å². The van der Waals surface area contributed by atoms with Gasteiger partial charge in [-0.05, 0) is 36.6 Å². The summed E-state index contributed by atoms with van der Waals surface area (Å²) in [6.07, 6.45) is 1.30. The van der Waals surface area contributed by atoms with Gasteiger partial charge in [0.1, 0.15) is 0 Å². The summed E-state index contributed by atoms with van der Waals surface area (Å²) in [7, 11) is 0. The summed E-state index contributed by atoms with van der Waals surface area (Å²) in [6.45, 7) is 1.14. The molecular weight excluding hydrogens is 366 g/mol. The first-order valence-electron chi connectivity index (χ1n) is 7.91. The van der Waals surface area contributed by atoms with E-state index in [0.717, 1.165) is 15.7 Å². The number of amides is 2. The molecule has 1 aliphatic rings. The Morgan fingerprint density at radius 2 is 1.83 bits per heavy atom. The van der Waals surface area contributed by atoms with Crippen LogP contribution in [0.1, 0.15) is 18.4 Å². The van der Waals surface area contributed by atoms with Gasteiger partial charge in [-0.1, -0.05) is 52.3 Å². The molecule has 0 unspecified atom stereocenters. The van der Waals surface area contributed by atoms with E-state index in [9.17, 15) is 10.1 Å². The molecule has 1 aliphatic heterocycles. The molecule has 5 heteroatoms. The molecule has 2 amide bonds. The molecule has 0 bridgehead atoms. The van der Waals surface area contributed by atoms with Gasteiger partial charge in [0.05, 0.1) is 11.5 Å². The van der Waals surface area contributed by atoms with Crippen LogP contribution < -0.4 is 5.32 Å². The Kier molecular flexibility index (Phi) is 4.86. The van der Waals surface area contributed by atoms with Crippen LogP contribution in [0, 0.1) is 11.3 Å². The second kappa shape index (κ2) is 7.06. The van der Waals surface area contributed by atoms with E-state index in [-0.39, 0.29) is 6.03 Å². The fourth-order valence-electron chi connectivity index (χ4n) is 3.08. The second-order valence-corrected chi connectivity index (χ2v) is 6.90. The van der Waals surface area contributed by atoms with E-state index in [4.69, 9.17) is 0 Å². The summed E-state index contributed by atoms with van der Waals surface area (Å²) in [5, 5.41) is 12.6. The van der Waals surface area contributed by atoms with E-state index in [1.807, 2.05) is 54.6 Å². The first-order chi connectivity index (χ1) is 11.6. The van der Waals surface area contributed by atoms with Gasteiger partial charge in [0.2, 0.25) is 0 Å². The van der Waals surface area contributed by atoms with Crippen molar-refractivity contribution < 1.29 is 4.79 Å². The third kappa shape index (κ3) is 3.44. The number of hydrogen-bond acceptors (Lipinski definition) is 2. The predicted octanol–water partition coefficient (Wildman–Crippen LogP) is 4.54. The third-order valence-electron chi connectivity index (χ3n) is 4.52. The van der Waals surface area contributed by atoms with Crippen molar-refractivity contribution in [3.63, 3.8) is 0 Å². The second-order valence-electron chi connectivity index (χ2n) is 5.99. The molecule has 2 aromatic carbocycles. The van der Waals surface area contributed by atoms with Crippen LogP contribution in [0.4, 0.5) is 10.5 Å². The van der Waals surface area contributed by atoms with Crippen molar-refractivity contribution in [2.45, 2.75) is 18.3 Å². The molecule has 1 heterocycles. The summed E-state index contributed by atoms with van der Waals surface area (Å²) in [6, 6.07) is 19.8. The number of benzene rings is 2. The number of rotatable bonds is 2. The van der Waals surface area contributed by atoms with Crippen molar-refractivity contribution >= 4 is 27.6 Å². The average molecular weight is 384 g/mol. The van der Waals surface area contributed by atoms with Crippen LogP contribution in [0.5, 0.6) is 0 Å². The Morgan fingerprint density at radius 1 is 1.12 bits per heavy atom. The highest BCUT2D eigenvalue weighted by Gasteiger charge is 2.37. The first-order valence-corrected chi connectivity index (χ1v) is 8.70. The number of halogens is 1. The quantitative estimate of drug-likeness (QED) is 0.827. The van der Waals surface area contributed by atoms with Gasteiger partial charge in [-0.3, -0.25) is 0 Å². The Hall–Kier alpha value is -2.32. The first kappa shape index (κ1) is 16.5. The van der Waals surface area contributed by atoms with Crippen molar-refractivity contribution in [2.75, 3.05) is 18.4 Å². The Morgan fingerprint density at radius 3 is 2.46 bits per heavy atom. The molecule has 24 heavy (non-hydrogen) atoms. The molecular formula is C19H18BrN3O. The number of urea groups is 1. The maximum absolute atomic E-state index is 12.4. The maximum Gasteiger partial charge on any atom is 0.321 e. The lowest BCUT2D eigenvalue weighted by Crippen LogP contribution is -2.46. The van der Waals surface area contributed by atoms with Crippen molar-refractivity contribution in [2.24, 2.45) is 0 Å². The molecule has 0 radical (unpaired) electrons. The highest BCUT2D eigenvalue weighted by Crippen LogP contribution is 2.35. The smallest absolute Gasteiger partial charge is 0.321 e. The van der Waals surface area contributed by atoms with E-state index < -0.39 is 5.41 Å². The molecule has 1 saturated heterocycles. The summed E-state index contributed by atoms with van der Waals surface area (Å²) >= 11 is 3.40. The van der Waals surface area contributed by atoms with E-state index in [1.165, 1.54) is 0 Å². The molecule has 0 aromatic heterocycles. The normalized spacial score (nSPS) is 16.2. The number of carbonyl (C=O) groups is 1. The van der Waals surface area contributed by atoms with Gasteiger partial charge in [0, 0.05) is 23.2 Å². The van der Waals surface area contributed by atoms with Gasteiger partial charge in [0.25, 0.3) is 0 Å². The highest BCUT2D eigenvalue weighted by molar-refractivity contribution is 9.10. The molecule has 3 rings (SSSR count). The Bertz CT molecular complexity index is 762. The minimum absolute atomic E-state index is 0.118. The largest absolute Gasteiger partial charge is 0.324 e. The van der Waals surface area contributed by atoms with Gasteiger partial charge >= 0.3 is 6.03 Å². The third-order valence-corrected chi connectivity index (χ3v) is 5.01. The molecule has 0 atom stereocenters. The van der Waals surface area contributed by atoms with Gasteiger partial charge in [0.15, 0.2) is 0 Å². The molecule has 0 aliphatic carbocycles. The minimum Gasteiger partial charge on any atom is -0.324 e. The lowest BCUT2D eigenvalue weighted by molar-refractivity contribution is 0.183. The van der Waals surface area contributed by atoms with Crippen LogP contribution in [-0.4, -0.2) is 24.0 Å². The molecule has 122 valence electrons. The summed E-state index contributed by atoms with van der Waals surface area (Å²) < 4.78 is 0.923. The Labute approximate surface area is 150 Å². The zero-order valence-electron chi connectivity index (χ0n) is 13.2. The summed E-state index contributed by atoms with van der Waals surface area (Å²) in [5.74, 6) is 0. The van der Waals surface area contributed by atoms with Gasteiger partial charge in [-0.15, -0.1) is 0 Å². The van der Waals surface area contributed by atoms with Crippen molar-refractivity contribution in [1.29, 1.82) is 5.26 Å². The zero-order chi connectivity index (χ0) is 17.0. The zero-order valence-corrected chi connectivity index (χ0v) is 14.8. The molecule has 0 spiro atoms. The Balaban J connectivity index is 1.66. The SMILES string of the molecule is N#CC1(c2ccccc2)CCN(C(=O)Nc2cccc(Br)c2)CC1. The number of nitrogens with one attached hydrogen (secondary N) is 1. The minimum atomic E-state index is -0.492. The fourth-order valence-corrected chi connectivity index (χ4v) is 3.48. The number of anilines is 1. The average Bonchev–Trinajstić information content (AvgIpc) is 2.62. The monoisotopic (exact) mass is 383 g/mol. The number of nitriles is 1. The number of hydrogen-bond donors (Lipinski definition) is 1. The number of nitrogens with zero attached hydrogens (tertiary/aromatic N) is 2. The van der Waals surface area contributed by atoms with Crippen LogP contribution in [0.2, 0.25) is 0 Å². The van der Waals surface area contributed by atoms with Crippen molar-refractivity contribution in [3.8, 4) is 6.07 Å². The van der Waals surface area contributed by atoms with Crippen LogP contribution >= 0.6 is 15.9 Å². The molecule has 2 aromatic rings. The maximum atomic E-state index is 12.4. The number of piperidine rings is 1. The van der Waals surface area contributed by atoms with Crippen LogP contribution in [0.25, 0.3) is 0 Å². The standard InChI is InChI=1S/C19H18BrN3O/c20-16-7-4-8-17(13-16)22-18(24)23-11-9-19(14-21,10-12-23)15-5-2-1-3-6-15/h1-8,13H,9-12H2,(H,22,24). The summed E-state index contributed by atoms with van der Waals surface area (Å²) in [4.78, 5) is 14.2. The molecule has 1 N–H and O–H groups in total. The lowest BCUT2D eigenvalue weighted by Gasteiger charge is -2.37. The van der Waals surface area contributed by atoms with Crippen LogP contribution in [0.15, 0.2) is 59.1 Å². The number of likely N-dealkylation sites (tertiary alicyclic amines) is 1. The summed E-state index contributed by atoms with van der Waals surface area (Å²) in [5.41, 5.74) is 1.31. The van der Waals surface area contributed by atoms with E-state index in [1.54, 1.807) is 4.90 Å². The van der Waals surface area contributed by atoms with Crippen LogP contribution in [-0.2, 0) is 5.41 Å². The lowest BCUT2D eigenvalue weighted by atomic mass is 9.74. The van der Waals surface area contributed by atoms with E-state index in [0.29, 0.717) is 25.9 Å². The highest BCUT2D eigenvalue weighted by atomic mass is 79.9. The predicted molar refractivity (Wildman–Crippen MR) is 97.7 cm³/mol. The van der Waals surface area contributed by atoms with Gasteiger partial charge < -0.3 is 10.2 Å². The molecule has 4 nitrogen and oxygen atoms in total. The van der Waals surface area contributed by atoms with Crippen molar-refractivity contribution in [1.82, 2.24) is 4.90 Å². The van der Waals surface area contributed by atoms with E-state index >= 15 is 0 Å². The molecule has 1 fully saturated rings.